The van der Waals surface area contributed by atoms with E-state index in [4.69, 9.17) is 21.3 Å². The van der Waals surface area contributed by atoms with Gasteiger partial charge in [0.25, 0.3) is 0 Å². The molecule has 2 aliphatic rings. The van der Waals surface area contributed by atoms with Crippen molar-refractivity contribution in [3.63, 3.8) is 0 Å². The number of halogens is 4. The lowest BCUT2D eigenvalue weighted by atomic mass is 10.0. The number of ether oxygens (including phenoxy) is 1. The molecule has 1 aromatic carbocycles. The number of imidazole rings is 1. The Labute approximate surface area is 282 Å². The Kier molecular flexibility index (Phi) is 9.67. The predicted molar refractivity (Wildman–Crippen MR) is 181 cm³/mol. The maximum Gasteiger partial charge on any atom is 0.433 e. The molecular weight excluding hydrogens is 643 g/mol. The molecule has 0 aliphatic carbocycles. The molecule has 0 saturated carbocycles. The molecule has 13 heteroatoms. The Bertz CT molecular complexity index is 1780. The van der Waals surface area contributed by atoms with Gasteiger partial charge < -0.3 is 19.5 Å². The standard InChI is InChI=1S/C35H39ClF3N7O2/c1-34(2,3)48-33(47)46-13-4-5-23(12-14-46)19-24-6-9-26(10-7-24)31-42-29-30(27(36)21-41-32(29)43-31)45-17-15-44(16-18-45)22-25-8-11-28(40-20-25)35(37,38)39/h6-11,19-21H,4-5,12-18,22H2,1-3H3,(H,41,42,43)/b23-19-. The lowest BCUT2D eigenvalue weighted by molar-refractivity contribution is -0.141. The van der Waals surface area contributed by atoms with Crippen molar-refractivity contribution >= 4 is 40.6 Å². The van der Waals surface area contributed by atoms with Crippen molar-refractivity contribution in [1.82, 2.24) is 29.7 Å². The van der Waals surface area contributed by atoms with Crippen molar-refractivity contribution < 1.29 is 22.7 Å². The Hall–Kier alpha value is -4.16. The summed E-state index contributed by atoms with van der Waals surface area (Å²) in [4.78, 5) is 35.0. The van der Waals surface area contributed by atoms with E-state index >= 15 is 0 Å². The van der Waals surface area contributed by atoms with Crippen molar-refractivity contribution in [3.8, 4) is 11.4 Å². The average molecular weight is 682 g/mol. The van der Waals surface area contributed by atoms with Gasteiger partial charge in [0.1, 0.15) is 22.6 Å². The smallest absolute Gasteiger partial charge is 0.433 e. The zero-order valence-corrected chi connectivity index (χ0v) is 28.0. The molecule has 0 spiro atoms. The second kappa shape index (κ2) is 13.8. The number of amides is 1. The molecule has 1 amide bonds. The molecule has 48 heavy (non-hydrogen) atoms. The Morgan fingerprint density at radius 1 is 0.958 bits per heavy atom. The van der Waals surface area contributed by atoms with Crippen LogP contribution in [-0.2, 0) is 17.5 Å². The maximum atomic E-state index is 12.9. The Morgan fingerprint density at radius 2 is 1.71 bits per heavy atom. The van der Waals surface area contributed by atoms with Crippen LogP contribution >= 0.6 is 11.6 Å². The zero-order valence-electron chi connectivity index (χ0n) is 27.3. The topological polar surface area (TPSA) is 90.5 Å². The number of hydrogen-bond donors (Lipinski definition) is 1. The Morgan fingerprint density at radius 3 is 2.38 bits per heavy atom. The number of carbonyl (C=O) groups excluding carboxylic acids is 1. The van der Waals surface area contributed by atoms with Crippen molar-refractivity contribution in [3.05, 3.63) is 76.2 Å². The SMILES string of the molecule is CC(C)(C)OC(=O)N1CCC/C(=C/c2ccc(-c3nc4ncc(Cl)c(N5CCN(Cc6ccc(C(F)(F)F)nc6)CC5)c4[nH]3)cc2)CC1. The molecule has 2 fully saturated rings. The fourth-order valence-electron chi connectivity index (χ4n) is 6.08. The summed E-state index contributed by atoms with van der Waals surface area (Å²) in [6.07, 6.45) is 3.05. The fraction of sp³-hybridized carbons (Fsp3) is 0.429. The van der Waals surface area contributed by atoms with Crippen LogP contribution in [0.3, 0.4) is 0 Å². The second-order valence-electron chi connectivity index (χ2n) is 13.3. The van der Waals surface area contributed by atoms with E-state index in [2.05, 4.69) is 43.0 Å². The molecule has 0 radical (unpaired) electrons. The van der Waals surface area contributed by atoms with Crippen LogP contribution in [0.2, 0.25) is 5.02 Å². The normalized spacial score (nSPS) is 17.6. The van der Waals surface area contributed by atoms with Gasteiger partial charge in [0.05, 0.1) is 16.9 Å². The highest BCUT2D eigenvalue weighted by atomic mass is 35.5. The molecule has 0 atom stereocenters. The van der Waals surface area contributed by atoms with E-state index in [0.29, 0.717) is 62.3 Å². The third kappa shape index (κ3) is 8.10. The number of nitrogens with zero attached hydrogens (tertiary/aromatic N) is 6. The molecule has 1 N–H and O–H groups in total. The molecule has 4 aromatic rings. The van der Waals surface area contributed by atoms with Crippen LogP contribution in [0.25, 0.3) is 28.6 Å². The predicted octanol–water partition coefficient (Wildman–Crippen LogP) is 7.82. The second-order valence-corrected chi connectivity index (χ2v) is 13.7. The number of rotatable bonds is 5. The van der Waals surface area contributed by atoms with Gasteiger partial charge in [-0.15, -0.1) is 0 Å². The number of anilines is 1. The average Bonchev–Trinajstić information content (AvgIpc) is 3.32. The highest BCUT2D eigenvalue weighted by molar-refractivity contribution is 6.34. The van der Waals surface area contributed by atoms with Crippen LogP contribution in [0.4, 0.5) is 23.7 Å². The summed E-state index contributed by atoms with van der Waals surface area (Å²) in [5.74, 6) is 0.691. The Balaban J connectivity index is 1.10. The van der Waals surface area contributed by atoms with E-state index in [-0.39, 0.29) is 6.09 Å². The lowest BCUT2D eigenvalue weighted by Gasteiger charge is -2.36. The summed E-state index contributed by atoms with van der Waals surface area (Å²) in [5, 5.41) is 0.522. The number of hydrogen-bond acceptors (Lipinski definition) is 7. The number of H-pyrrole nitrogens is 1. The quantitative estimate of drug-likeness (QED) is 0.230. The molecule has 9 nitrogen and oxygen atoms in total. The van der Waals surface area contributed by atoms with Crippen molar-refractivity contribution in [2.24, 2.45) is 0 Å². The molecular formula is C35H39ClF3N7O2. The number of aromatic nitrogens is 4. The number of alkyl halides is 3. The van der Waals surface area contributed by atoms with Crippen molar-refractivity contribution in [2.75, 3.05) is 44.2 Å². The number of nitrogens with one attached hydrogen (secondary N) is 1. The van der Waals surface area contributed by atoms with Crippen molar-refractivity contribution in [2.45, 2.75) is 58.4 Å². The summed E-state index contributed by atoms with van der Waals surface area (Å²) in [5.41, 5.74) is 4.82. The van der Waals surface area contributed by atoms with Gasteiger partial charge in [0, 0.05) is 57.6 Å². The first-order valence-corrected chi connectivity index (χ1v) is 16.5. The van der Waals surface area contributed by atoms with E-state index in [0.717, 1.165) is 53.2 Å². The third-order valence-electron chi connectivity index (χ3n) is 8.49. The maximum absolute atomic E-state index is 12.9. The molecule has 6 rings (SSSR count). The van der Waals surface area contributed by atoms with Crippen LogP contribution in [0.5, 0.6) is 0 Å². The van der Waals surface area contributed by atoms with Crippen LogP contribution in [0, 0.1) is 0 Å². The minimum atomic E-state index is -4.45. The summed E-state index contributed by atoms with van der Waals surface area (Å²) in [6.45, 7) is 10.3. The number of pyridine rings is 2. The molecule has 0 bridgehead atoms. The number of benzene rings is 1. The van der Waals surface area contributed by atoms with Gasteiger partial charge in [0.15, 0.2) is 5.65 Å². The molecule has 0 unspecified atom stereocenters. The van der Waals surface area contributed by atoms with Gasteiger partial charge in [-0.1, -0.05) is 53.6 Å². The molecule has 2 aliphatic heterocycles. The van der Waals surface area contributed by atoms with Gasteiger partial charge in [-0.3, -0.25) is 9.88 Å². The summed E-state index contributed by atoms with van der Waals surface area (Å²) in [7, 11) is 0. The highest BCUT2D eigenvalue weighted by Crippen LogP contribution is 2.35. The molecule has 254 valence electrons. The molecule has 2 saturated heterocycles. The third-order valence-corrected chi connectivity index (χ3v) is 8.77. The first-order valence-electron chi connectivity index (χ1n) is 16.1. The monoisotopic (exact) mass is 681 g/mol. The van der Waals surface area contributed by atoms with Gasteiger partial charge >= 0.3 is 12.3 Å². The van der Waals surface area contributed by atoms with Gasteiger partial charge in [-0.25, -0.2) is 14.8 Å². The summed E-state index contributed by atoms with van der Waals surface area (Å²) < 4.78 is 44.2. The van der Waals surface area contributed by atoms with Crippen molar-refractivity contribution in [1.29, 1.82) is 0 Å². The number of fused-ring (bicyclic) bond motifs is 1. The minimum absolute atomic E-state index is 0.255. The van der Waals surface area contributed by atoms with E-state index in [1.807, 2.05) is 32.9 Å². The van der Waals surface area contributed by atoms with E-state index in [1.165, 1.54) is 17.8 Å². The van der Waals surface area contributed by atoms with E-state index in [9.17, 15) is 18.0 Å². The number of likely N-dealkylation sites (tertiary alicyclic amines) is 1. The lowest BCUT2D eigenvalue weighted by Crippen LogP contribution is -2.46. The summed E-state index contributed by atoms with van der Waals surface area (Å²) >= 11 is 6.69. The van der Waals surface area contributed by atoms with E-state index in [1.54, 1.807) is 11.1 Å². The summed E-state index contributed by atoms with van der Waals surface area (Å²) in [6, 6.07) is 10.7. The first kappa shape index (κ1) is 33.7. The molecule has 3 aromatic heterocycles. The number of carbonyl (C=O) groups is 1. The van der Waals surface area contributed by atoms with Crippen LogP contribution < -0.4 is 4.90 Å². The first-order chi connectivity index (χ1) is 22.8. The number of piperazine rings is 1. The highest BCUT2D eigenvalue weighted by Gasteiger charge is 2.32. The van der Waals surface area contributed by atoms with Gasteiger partial charge in [0.2, 0.25) is 0 Å². The van der Waals surface area contributed by atoms with Crippen LogP contribution in [0.1, 0.15) is 56.9 Å². The zero-order chi connectivity index (χ0) is 34.1. The minimum Gasteiger partial charge on any atom is -0.444 e. The van der Waals surface area contributed by atoms with E-state index < -0.39 is 17.5 Å². The molecule has 5 heterocycles. The van der Waals surface area contributed by atoms with Gasteiger partial charge in [-0.05, 0) is 57.2 Å². The van der Waals surface area contributed by atoms with Crippen LogP contribution in [-0.4, -0.2) is 80.7 Å². The fourth-order valence-corrected chi connectivity index (χ4v) is 6.34. The van der Waals surface area contributed by atoms with Crippen LogP contribution in [0.15, 0.2) is 54.4 Å². The number of aromatic amines is 1. The van der Waals surface area contributed by atoms with Gasteiger partial charge in [-0.2, -0.15) is 13.2 Å². The largest absolute Gasteiger partial charge is 0.444 e.